The smallest absolute Gasteiger partial charge is 0.250 e. The lowest BCUT2D eigenvalue weighted by Gasteiger charge is -2.38. The molecule has 0 fully saturated rings. The molecule has 7 heteroatoms. The maximum Gasteiger partial charge on any atom is 0.250 e. The van der Waals surface area contributed by atoms with Crippen molar-refractivity contribution in [2.45, 2.75) is 39.3 Å². The lowest BCUT2D eigenvalue weighted by molar-refractivity contribution is -0.130. The minimum Gasteiger partial charge on any atom is -0.454 e. The summed E-state index contributed by atoms with van der Waals surface area (Å²) in [6.07, 6.45) is 0.533. The molecule has 0 bridgehead atoms. The summed E-state index contributed by atoms with van der Waals surface area (Å²) in [7, 11) is 0. The van der Waals surface area contributed by atoms with E-state index in [1.165, 1.54) is 18.7 Å². The van der Waals surface area contributed by atoms with Gasteiger partial charge in [0.15, 0.2) is 29.1 Å². The number of ether oxygens (including phenoxy) is 2. The molecule has 0 aliphatic carbocycles. The van der Waals surface area contributed by atoms with Gasteiger partial charge in [-0.15, -0.1) is 0 Å². The number of carbonyl (C=O) groups excluding carboxylic acids is 3. The van der Waals surface area contributed by atoms with Gasteiger partial charge in [-0.05, 0) is 20.3 Å². The summed E-state index contributed by atoms with van der Waals surface area (Å²) >= 11 is 0. The Morgan fingerprint density at radius 1 is 1.26 bits per heavy atom. The maximum absolute atomic E-state index is 12.8. The molecule has 1 amide bonds. The zero-order valence-corrected chi connectivity index (χ0v) is 13.2. The second kappa shape index (κ2) is 5.57. The fraction of sp³-hybridized carbons (Fsp3) is 0.438. The summed E-state index contributed by atoms with van der Waals surface area (Å²) in [6.45, 7) is 4.60. The van der Waals surface area contributed by atoms with Crippen molar-refractivity contribution in [1.29, 1.82) is 0 Å². The van der Waals surface area contributed by atoms with Gasteiger partial charge in [0.2, 0.25) is 6.79 Å². The zero-order chi connectivity index (χ0) is 16.7. The van der Waals surface area contributed by atoms with E-state index in [1.807, 2.05) is 6.92 Å². The molecule has 0 saturated heterocycles. The zero-order valence-electron chi connectivity index (χ0n) is 13.2. The van der Waals surface area contributed by atoms with Crippen molar-refractivity contribution in [2.75, 3.05) is 17.0 Å². The third-order valence-corrected chi connectivity index (χ3v) is 4.05. The van der Waals surface area contributed by atoms with Crippen LogP contribution in [-0.4, -0.2) is 36.4 Å². The molecule has 1 aromatic carbocycles. The molecular formula is C16H18N2O5. The Balaban J connectivity index is 2.16. The number of ketones is 2. The van der Waals surface area contributed by atoms with Crippen LogP contribution in [-0.2, 0) is 14.4 Å². The van der Waals surface area contributed by atoms with E-state index in [-0.39, 0.29) is 24.3 Å². The van der Waals surface area contributed by atoms with E-state index in [0.717, 1.165) is 0 Å². The van der Waals surface area contributed by atoms with Gasteiger partial charge < -0.3 is 14.8 Å². The Morgan fingerprint density at radius 3 is 2.43 bits per heavy atom. The third-order valence-electron chi connectivity index (χ3n) is 4.05. The number of fused-ring (bicyclic) bond motifs is 2. The van der Waals surface area contributed by atoms with Crippen LogP contribution in [0.5, 0.6) is 11.5 Å². The summed E-state index contributed by atoms with van der Waals surface area (Å²) in [6, 6.07) is 1.74. The van der Waals surface area contributed by atoms with E-state index in [1.54, 1.807) is 12.1 Å². The highest BCUT2D eigenvalue weighted by Gasteiger charge is 2.40. The largest absolute Gasteiger partial charge is 0.454 e. The number of rotatable bonds is 4. The maximum atomic E-state index is 12.8. The Morgan fingerprint density at radius 2 is 1.87 bits per heavy atom. The molecule has 23 heavy (non-hydrogen) atoms. The Hall–Kier alpha value is -2.57. The molecule has 0 radical (unpaired) electrons. The number of amides is 1. The van der Waals surface area contributed by atoms with Gasteiger partial charge in [0, 0.05) is 12.1 Å². The lowest BCUT2D eigenvalue weighted by atomic mass is 10.00. The molecule has 1 aromatic rings. The molecular weight excluding hydrogens is 300 g/mol. The highest BCUT2D eigenvalue weighted by molar-refractivity contribution is 6.17. The predicted octanol–water partition coefficient (Wildman–Crippen LogP) is 1.50. The number of nitrogens with zero attached hydrogens (tertiary/aromatic N) is 1. The second-order valence-electron chi connectivity index (χ2n) is 5.66. The predicted molar refractivity (Wildman–Crippen MR) is 82.9 cm³/mol. The van der Waals surface area contributed by atoms with Crippen LogP contribution in [0.2, 0.25) is 0 Å². The molecule has 2 aliphatic heterocycles. The molecule has 2 aliphatic rings. The van der Waals surface area contributed by atoms with Gasteiger partial charge in [0.25, 0.3) is 5.91 Å². The van der Waals surface area contributed by atoms with Crippen LogP contribution in [0.3, 0.4) is 0 Å². The number of hydrogen-bond donors (Lipinski definition) is 1. The second-order valence-corrected chi connectivity index (χ2v) is 5.66. The van der Waals surface area contributed by atoms with Crippen molar-refractivity contribution in [1.82, 2.24) is 0 Å². The third kappa shape index (κ3) is 2.42. The van der Waals surface area contributed by atoms with Gasteiger partial charge in [0.05, 0.1) is 11.4 Å². The van der Waals surface area contributed by atoms with E-state index < -0.39 is 12.1 Å². The number of anilines is 2. The van der Waals surface area contributed by atoms with E-state index in [4.69, 9.17) is 9.47 Å². The van der Waals surface area contributed by atoms with E-state index >= 15 is 0 Å². The molecule has 0 saturated carbocycles. The van der Waals surface area contributed by atoms with Crippen LogP contribution in [0.1, 0.15) is 27.2 Å². The average Bonchev–Trinajstić information content (AvgIpc) is 2.94. The van der Waals surface area contributed by atoms with E-state index in [2.05, 4.69) is 5.32 Å². The van der Waals surface area contributed by atoms with Crippen LogP contribution in [0.4, 0.5) is 11.4 Å². The molecule has 0 aromatic heterocycles. The lowest BCUT2D eigenvalue weighted by Crippen LogP contribution is -2.56. The van der Waals surface area contributed by atoms with Crippen molar-refractivity contribution in [3.05, 3.63) is 12.1 Å². The minimum absolute atomic E-state index is 0.103. The van der Waals surface area contributed by atoms with Crippen LogP contribution in [0, 0.1) is 0 Å². The SMILES string of the molecule is CCC1Nc2cc3c(cc2N(C(C(C)=O)C(C)=O)C1=O)OCO3. The van der Waals surface area contributed by atoms with Crippen molar-refractivity contribution in [2.24, 2.45) is 0 Å². The number of nitrogens with one attached hydrogen (secondary N) is 1. The van der Waals surface area contributed by atoms with Crippen LogP contribution in [0.25, 0.3) is 0 Å². The van der Waals surface area contributed by atoms with Gasteiger partial charge in [-0.1, -0.05) is 6.92 Å². The first kappa shape index (κ1) is 15.3. The van der Waals surface area contributed by atoms with Crippen molar-refractivity contribution in [3.63, 3.8) is 0 Å². The van der Waals surface area contributed by atoms with Crippen molar-refractivity contribution >= 4 is 28.8 Å². The topological polar surface area (TPSA) is 84.9 Å². The summed E-state index contributed by atoms with van der Waals surface area (Å²) in [5.41, 5.74) is 1.10. The van der Waals surface area contributed by atoms with Crippen LogP contribution in [0.15, 0.2) is 12.1 Å². The molecule has 1 N–H and O–H groups in total. The number of Topliss-reactive ketones (excluding diaryl/α,β-unsaturated/α-hetero) is 2. The monoisotopic (exact) mass is 318 g/mol. The normalized spacial score (nSPS) is 18.7. The summed E-state index contributed by atoms with van der Waals surface area (Å²) in [5, 5.41) is 3.14. The van der Waals surface area contributed by atoms with Crippen LogP contribution < -0.4 is 19.7 Å². The fourth-order valence-electron chi connectivity index (χ4n) is 2.98. The van der Waals surface area contributed by atoms with Gasteiger partial charge in [-0.2, -0.15) is 0 Å². The Labute approximate surface area is 133 Å². The Bertz CT molecular complexity index is 686. The molecule has 1 atom stereocenters. The molecule has 3 rings (SSSR count). The first-order valence-corrected chi connectivity index (χ1v) is 7.48. The van der Waals surface area contributed by atoms with Gasteiger partial charge in [0.1, 0.15) is 6.04 Å². The summed E-state index contributed by atoms with van der Waals surface area (Å²) in [4.78, 5) is 38.0. The molecule has 2 heterocycles. The fourth-order valence-corrected chi connectivity index (χ4v) is 2.98. The summed E-state index contributed by atoms with van der Waals surface area (Å²) in [5.74, 6) is 0.0264. The average molecular weight is 318 g/mol. The molecule has 7 nitrogen and oxygen atoms in total. The highest BCUT2D eigenvalue weighted by atomic mass is 16.7. The van der Waals surface area contributed by atoms with Gasteiger partial charge >= 0.3 is 0 Å². The molecule has 0 spiro atoms. The first-order chi connectivity index (χ1) is 10.9. The molecule has 1 unspecified atom stereocenters. The minimum atomic E-state index is -1.13. The van der Waals surface area contributed by atoms with Crippen molar-refractivity contribution < 1.29 is 23.9 Å². The van der Waals surface area contributed by atoms with E-state index in [9.17, 15) is 14.4 Å². The van der Waals surface area contributed by atoms with Crippen molar-refractivity contribution in [3.8, 4) is 11.5 Å². The molecule has 122 valence electrons. The standard InChI is InChI=1S/C16H18N2O5/c1-4-10-16(21)18(15(8(2)19)9(3)20)12-6-14-13(22-7-23-14)5-11(12)17-10/h5-6,10,15,17H,4,7H2,1-3H3. The Kier molecular flexibility index (Phi) is 3.71. The number of carbonyl (C=O) groups is 3. The quantitative estimate of drug-likeness (QED) is 0.847. The highest BCUT2D eigenvalue weighted by Crippen LogP contribution is 2.44. The van der Waals surface area contributed by atoms with E-state index in [0.29, 0.717) is 29.3 Å². The van der Waals surface area contributed by atoms with Gasteiger partial charge in [-0.25, -0.2) is 0 Å². The van der Waals surface area contributed by atoms with Gasteiger partial charge in [-0.3, -0.25) is 19.3 Å². The summed E-state index contributed by atoms with van der Waals surface area (Å²) < 4.78 is 10.7. The van der Waals surface area contributed by atoms with Crippen LogP contribution >= 0.6 is 0 Å². The number of benzene rings is 1. The first-order valence-electron chi connectivity index (χ1n) is 7.48. The number of hydrogen-bond acceptors (Lipinski definition) is 6.